The van der Waals surface area contributed by atoms with E-state index in [2.05, 4.69) is 5.32 Å². The molecular formula is C26H34ClN3O6S. The van der Waals surface area contributed by atoms with E-state index < -0.39 is 28.5 Å². The molecule has 1 N–H and O–H groups in total. The Bertz CT molecular complexity index is 1200. The fourth-order valence-corrected chi connectivity index (χ4v) is 5.07. The van der Waals surface area contributed by atoms with Gasteiger partial charge in [-0.3, -0.25) is 13.9 Å². The average Bonchev–Trinajstić information content (AvgIpc) is 3.34. The van der Waals surface area contributed by atoms with Crippen molar-refractivity contribution in [2.24, 2.45) is 5.92 Å². The number of hydrogen-bond donors (Lipinski definition) is 1. The molecule has 0 unspecified atom stereocenters. The lowest BCUT2D eigenvalue weighted by Crippen LogP contribution is -2.52. The second kappa shape index (κ2) is 12.5. The third-order valence-electron chi connectivity index (χ3n) is 5.96. The molecule has 2 aromatic rings. The van der Waals surface area contributed by atoms with Gasteiger partial charge in [-0.2, -0.15) is 0 Å². The van der Waals surface area contributed by atoms with Gasteiger partial charge in [0.25, 0.3) is 0 Å². The van der Waals surface area contributed by atoms with E-state index in [0.717, 1.165) is 9.87 Å². The molecule has 1 atom stereocenters. The minimum absolute atomic E-state index is 0.0385. The van der Waals surface area contributed by atoms with Gasteiger partial charge in [-0.1, -0.05) is 44.5 Å². The molecule has 0 spiro atoms. The van der Waals surface area contributed by atoms with Gasteiger partial charge in [0.05, 0.1) is 11.4 Å². The topological polar surface area (TPSA) is 105 Å². The number of carbonyl (C=O) groups excluding carboxylic acids is 2. The van der Waals surface area contributed by atoms with Crippen LogP contribution in [0.5, 0.6) is 11.5 Å². The number of sulfonamides is 1. The largest absolute Gasteiger partial charge is 0.454 e. The van der Waals surface area contributed by atoms with Gasteiger partial charge in [0.2, 0.25) is 28.6 Å². The first-order chi connectivity index (χ1) is 17.6. The third kappa shape index (κ3) is 7.29. The van der Waals surface area contributed by atoms with Crippen LogP contribution >= 0.6 is 11.6 Å². The molecule has 11 heteroatoms. The third-order valence-corrected chi connectivity index (χ3v) is 7.95. The zero-order valence-electron chi connectivity index (χ0n) is 21.6. The molecule has 0 aromatic heterocycles. The van der Waals surface area contributed by atoms with Crippen LogP contribution in [0.25, 0.3) is 0 Å². The number of amides is 2. The van der Waals surface area contributed by atoms with Gasteiger partial charge in [0.15, 0.2) is 11.5 Å². The maximum atomic E-state index is 13.8. The Kier molecular flexibility index (Phi) is 9.67. The summed E-state index contributed by atoms with van der Waals surface area (Å²) in [7, 11) is -3.84. The van der Waals surface area contributed by atoms with Crippen LogP contribution < -0.4 is 19.1 Å². The Morgan fingerprint density at radius 3 is 2.35 bits per heavy atom. The number of ether oxygens (including phenoxy) is 2. The van der Waals surface area contributed by atoms with E-state index in [1.807, 2.05) is 20.8 Å². The monoisotopic (exact) mass is 551 g/mol. The second-order valence-electron chi connectivity index (χ2n) is 9.16. The summed E-state index contributed by atoms with van der Waals surface area (Å²) in [5.74, 6) is 0.138. The molecule has 2 amide bonds. The highest BCUT2D eigenvalue weighted by atomic mass is 35.5. The zero-order chi connectivity index (χ0) is 27.2. The Balaban J connectivity index is 1.95. The number of fused-ring (bicyclic) bond motifs is 1. The predicted octanol–water partition coefficient (Wildman–Crippen LogP) is 3.80. The molecule has 0 saturated heterocycles. The maximum Gasteiger partial charge on any atom is 0.244 e. The molecule has 0 bridgehead atoms. The highest BCUT2D eigenvalue weighted by Crippen LogP contribution is 2.36. The van der Waals surface area contributed by atoms with Crippen molar-refractivity contribution in [3.05, 3.63) is 53.1 Å². The SMILES string of the molecule is CC[C@H](C(=O)NCC(C)C)N(Cc1ccc(Cl)cc1)C(=O)CN(c1ccc2c(c1)OCO2)S(=O)(=O)CC. The van der Waals surface area contributed by atoms with E-state index in [0.29, 0.717) is 29.5 Å². The van der Waals surface area contributed by atoms with Crippen LogP contribution in [0.1, 0.15) is 39.7 Å². The number of nitrogens with zero attached hydrogens (tertiary/aromatic N) is 2. The first kappa shape index (κ1) is 28.6. The normalized spacial score (nSPS) is 13.4. The van der Waals surface area contributed by atoms with E-state index in [1.165, 1.54) is 11.8 Å². The molecule has 0 aliphatic carbocycles. The summed E-state index contributed by atoms with van der Waals surface area (Å²) in [5, 5.41) is 3.45. The Morgan fingerprint density at radius 2 is 1.73 bits per heavy atom. The van der Waals surface area contributed by atoms with Crippen LogP contribution in [-0.2, 0) is 26.2 Å². The zero-order valence-corrected chi connectivity index (χ0v) is 23.1. The molecule has 9 nitrogen and oxygen atoms in total. The molecule has 0 fully saturated rings. The van der Waals surface area contributed by atoms with E-state index in [4.69, 9.17) is 21.1 Å². The van der Waals surface area contributed by atoms with Gasteiger partial charge in [-0.15, -0.1) is 0 Å². The number of nitrogens with one attached hydrogen (secondary N) is 1. The molecule has 37 heavy (non-hydrogen) atoms. The van der Waals surface area contributed by atoms with E-state index in [1.54, 1.807) is 42.5 Å². The van der Waals surface area contributed by atoms with E-state index in [9.17, 15) is 18.0 Å². The predicted molar refractivity (Wildman–Crippen MR) is 143 cm³/mol. The number of hydrogen-bond acceptors (Lipinski definition) is 6. The van der Waals surface area contributed by atoms with Crippen molar-refractivity contribution < 1.29 is 27.5 Å². The Labute approximate surface area is 223 Å². The number of benzene rings is 2. The molecule has 1 heterocycles. The minimum Gasteiger partial charge on any atom is -0.454 e. The minimum atomic E-state index is -3.84. The lowest BCUT2D eigenvalue weighted by Gasteiger charge is -2.33. The molecule has 0 saturated carbocycles. The fourth-order valence-electron chi connectivity index (χ4n) is 3.89. The van der Waals surface area contributed by atoms with Gasteiger partial charge in [0, 0.05) is 24.2 Å². The average molecular weight is 552 g/mol. The Hall–Kier alpha value is -2.98. The van der Waals surface area contributed by atoms with Crippen LogP contribution in [0.4, 0.5) is 5.69 Å². The molecule has 3 rings (SSSR count). The molecule has 2 aromatic carbocycles. The van der Waals surface area contributed by atoms with Crippen molar-refractivity contribution in [1.29, 1.82) is 0 Å². The molecule has 1 aliphatic heterocycles. The summed E-state index contributed by atoms with van der Waals surface area (Å²) in [6.45, 7) is 7.44. The van der Waals surface area contributed by atoms with Crippen molar-refractivity contribution in [2.45, 2.75) is 46.7 Å². The Morgan fingerprint density at radius 1 is 1.05 bits per heavy atom. The summed E-state index contributed by atoms with van der Waals surface area (Å²) in [6.07, 6.45) is 0.355. The quantitative estimate of drug-likeness (QED) is 0.430. The summed E-state index contributed by atoms with van der Waals surface area (Å²) < 4.78 is 38.0. The molecule has 1 aliphatic rings. The summed E-state index contributed by atoms with van der Waals surface area (Å²) in [5.41, 5.74) is 1.05. The fraction of sp³-hybridized carbons (Fsp3) is 0.462. The van der Waals surface area contributed by atoms with Gasteiger partial charge in [0.1, 0.15) is 12.6 Å². The number of halogens is 1. The van der Waals surface area contributed by atoms with E-state index in [-0.39, 0.29) is 36.6 Å². The highest BCUT2D eigenvalue weighted by Gasteiger charge is 2.33. The van der Waals surface area contributed by atoms with Crippen LogP contribution in [0, 0.1) is 5.92 Å². The van der Waals surface area contributed by atoms with Crippen LogP contribution in [0.2, 0.25) is 5.02 Å². The van der Waals surface area contributed by atoms with Gasteiger partial charge in [-0.25, -0.2) is 8.42 Å². The highest BCUT2D eigenvalue weighted by molar-refractivity contribution is 7.92. The first-order valence-corrected chi connectivity index (χ1v) is 14.3. The first-order valence-electron chi connectivity index (χ1n) is 12.3. The summed E-state index contributed by atoms with van der Waals surface area (Å²) in [6, 6.07) is 10.9. The summed E-state index contributed by atoms with van der Waals surface area (Å²) >= 11 is 6.03. The maximum absolute atomic E-state index is 13.8. The van der Waals surface area contributed by atoms with E-state index >= 15 is 0 Å². The molecule has 0 radical (unpaired) electrons. The standard InChI is InChI=1S/C26H34ClN3O6S/c1-5-22(26(32)28-14-18(3)4)29(15-19-7-9-20(27)10-8-19)25(31)16-30(37(33,34)6-2)21-11-12-23-24(13-21)36-17-35-23/h7-13,18,22H,5-6,14-17H2,1-4H3,(H,28,32)/t22-/m1/s1. The number of rotatable bonds is 12. The van der Waals surface area contributed by atoms with Gasteiger partial charge < -0.3 is 19.7 Å². The van der Waals surface area contributed by atoms with Gasteiger partial charge in [-0.05, 0) is 49.1 Å². The molecular weight excluding hydrogens is 518 g/mol. The number of anilines is 1. The van der Waals surface area contributed by atoms with Crippen molar-refractivity contribution in [3.8, 4) is 11.5 Å². The molecule has 202 valence electrons. The van der Waals surface area contributed by atoms with Crippen molar-refractivity contribution in [1.82, 2.24) is 10.2 Å². The van der Waals surface area contributed by atoms with Crippen LogP contribution in [-0.4, -0.2) is 56.8 Å². The lowest BCUT2D eigenvalue weighted by molar-refractivity contribution is -0.140. The second-order valence-corrected chi connectivity index (χ2v) is 11.8. The van der Waals surface area contributed by atoms with Crippen LogP contribution in [0.3, 0.4) is 0 Å². The van der Waals surface area contributed by atoms with Gasteiger partial charge >= 0.3 is 0 Å². The smallest absolute Gasteiger partial charge is 0.244 e. The van der Waals surface area contributed by atoms with Crippen molar-refractivity contribution in [3.63, 3.8) is 0 Å². The van der Waals surface area contributed by atoms with Crippen molar-refractivity contribution in [2.75, 3.05) is 29.9 Å². The summed E-state index contributed by atoms with van der Waals surface area (Å²) in [4.78, 5) is 28.3. The lowest BCUT2D eigenvalue weighted by atomic mass is 10.1. The van der Waals surface area contributed by atoms with Crippen LogP contribution in [0.15, 0.2) is 42.5 Å². The number of carbonyl (C=O) groups is 2. The van der Waals surface area contributed by atoms with Crippen molar-refractivity contribution >= 4 is 39.1 Å².